The van der Waals surface area contributed by atoms with Crippen LogP contribution in [-0.4, -0.2) is 14.5 Å². The second kappa shape index (κ2) is 5.49. The molecule has 2 aromatic rings. The molecule has 0 unspecified atom stereocenters. The molecule has 0 saturated heterocycles. The van der Waals surface area contributed by atoms with E-state index in [0.717, 1.165) is 12.1 Å². The largest absolute Gasteiger partial charge is 0.318 e. The van der Waals surface area contributed by atoms with Gasteiger partial charge in [0, 0.05) is 11.0 Å². The smallest absolute Gasteiger partial charge is 0.312 e. The Kier molecular flexibility index (Phi) is 4.32. The van der Waals surface area contributed by atoms with Gasteiger partial charge in [-0.15, -0.1) is 0 Å². The molecule has 0 aliphatic rings. The SMILES string of the molecule is CC(C)Cn1c(Br)nc2c([N+](=O)[O-])c(Br)c(Br)cc21. The number of nitro groups is 1. The Bertz CT molecular complexity index is 667. The number of benzene rings is 1. The van der Waals surface area contributed by atoms with Gasteiger partial charge in [0.2, 0.25) is 0 Å². The summed E-state index contributed by atoms with van der Waals surface area (Å²) in [6.45, 7) is 4.91. The van der Waals surface area contributed by atoms with Crippen LogP contribution in [0.1, 0.15) is 13.8 Å². The van der Waals surface area contributed by atoms with Crippen LogP contribution >= 0.6 is 47.8 Å². The molecule has 0 saturated carbocycles. The van der Waals surface area contributed by atoms with E-state index in [4.69, 9.17) is 0 Å². The van der Waals surface area contributed by atoms with E-state index in [1.807, 2.05) is 10.6 Å². The van der Waals surface area contributed by atoms with E-state index in [9.17, 15) is 10.1 Å². The summed E-state index contributed by atoms with van der Waals surface area (Å²) in [7, 11) is 0. The first-order chi connectivity index (χ1) is 8.82. The number of nitrogens with zero attached hydrogens (tertiary/aromatic N) is 3. The van der Waals surface area contributed by atoms with Crippen LogP contribution in [-0.2, 0) is 6.54 Å². The molecular weight excluding hydrogens is 446 g/mol. The molecule has 19 heavy (non-hydrogen) atoms. The number of fused-ring (bicyclic) bond motifs is 1. The Morgan fingerprint density at radius 2 is 2.05 bits per heavy atom. The number of hydrogen-bond donors (Lipinski definition) is 0. The van der Waals surface area contributed by atoms with Gasteiger partial charge >= 0.3 is 5.69 Å². The number of halogens is 3. The van der Waals surface area contributed by atoms with Crippen LogP contribution in [0.2, 0.25) is 0 Å². The summed E-state index contributed by atoms with van der Waals surface area (Å²) in [6, 6.07) is 1.84. The quantitative estimate of drug-likeness (QED) is 0.489. The van der Waals surface area contributed by atoms with Crippen LogP contribution in [0.5, 0.6) is 0 Å². The highest BCUT2D eigenvalue weighted by molar-refractivity contribution is 9.13. The second-order valence-corrected chi connectivity index (χ2v) is 6.89. The number of aromatic nitrogens is 2. The molecule has 0 bridgehead atoms. The predicted octanol–water partition coefficient (Wildman–Crippen LogP) is 4.89. The molecular formula is C11H10Br3N3O2. The summed E-state index contributed by atoms with van der Waals surface area (Å²) in [5.74, 6) is 0.412. The molecule has 0 aliphatic carbocycles. The minimum absolute atomic E-state index is 0.0208. The third-order valence-electron chi connectivity index (χ3n) is 2.60. The number of nitro benzene ring substituents is 1. The third kappa shape index (κ3) is 2.71. The Morgan fingerprint density at radius 1 is 1.42 bits per heavy atom. The van der Waals surface area contributed by atoms with E-state index in [-0.39, 0.29) is 5.69 Å². The average molecular weight is 456 g/mol. The Balaban J connectivity index is 2.82. The minimum Gasteiger partial charge on any atom is -0.318 e. The Labute approximate surface area is 134 Å². The molecule has 1 aromatic heterocycles. The first-order valence-electron chi connectivity index (χ1n) is 5.51. The molecule has 0 spiro atoms. The van der Waals surface area contributed by atoms with Crippen molar-refractivity contribution < 1.29 is 4.92 Å². The zero-order valence-corrected chi connectivity index (χ0v) is 14.9. The minimum atomic E-state index is -0.420. The highest BCUT2D eigenvalue weighted by Crippen LogP contribution is 2.39. The van der Waals surface area contributed by atoms with E-state index >= 15 is 0 Å². The summed E-state index contributed by atoms with van der Waals surface area (Å²) in [5.41, 5.74) is 1.10. The van der Waals surface area contributed by atoms with E-state index in [1.54, 1.807) is 0 Å². The molecule has 0 atom stereocenters. The van der Waals surface area contributed by atoms with Crippen molar-refractivity contribution in [1.82, 2.24) is 9.55 Å². The summed E-state index contributed by atoms with van der Waals surface area (Å²) in [4.78, 5) is 15.1. The van der Waals surface area contributed by atoms with Crippen molar-refractivity contribution in [1.29, 1.82) is 0 Å². The summed E-state index contributed by atoms with van der Waals surface area (Å²) >= 11 is 9.94. The molecule has 8 heteroatoms. The van der Waals surface area contributed by atoms with Gasteiger partial charge in [0.05, 0.1) is 10.4 Å². The lowest BCUT2D eigenvalue weighted by Crippen LogP contribution is -2.04. The maximum absolute atomic E-state index is 11.2. The van der Waals surface area contributed by atoms with Crippen molar-refractivity contribution >= 4 is 64.5 Å². The lowest BCUT2D eigenvalue weighted by atomic mass is 10.2. The fourth-order valence-corrected chi connectivity index (χ4v) is 3.23. The maximum Gasteiger partial charge on any atom is 0.312 e. The van der Waals surface area contributed by atoms with Gasteiger partial charge < -0.3 is 4.57 Å². The molecule has 102 valence electrons. The van der Waals surface area contributed by atoms with E-state index in [1.165, 1.54) is 0 Å². The third-order valence-corrected chi connectivity index (χ3v) is 5.16. The molecule has 2 rings (SSSR count). The van der Waals surface area contributed by atoms with Crippen molar-refractivity contribution in [2.75, 3.05) is 0 Å². The van der Waals surface area contributed by atoms with E-state index < -0.39 is 4.92 Å². The van der Waals surface area contributed by atoms with Crippen molar-refractivity contribution in [3.63, 3.8) is 0 Å². The first-order valence-corrected chi connectivity index (χ1v) is 7.89. The van der Waals surface area contributed by atoms with Crippen LogP contribution in [0.15, 0.2) is 19.7 Å². The Hall–Kier alpha value is -0.470. The van der Waals surface area contributed by atoms with Gasteiger partial charge in [-0.1, -0.05) is 13.8 Å². The molecule has 0 amide bonds. The van der Waals surface area contributed by atoms with Crippen LogP contribution in [0.4, 0.5) is 5.69 Å². The monoisotopic (exact) mass is 453 g/mol. The van der Waals surface area contributed by atoms with Gasteiger partial charge in [-0.05, 0) is 59.8 Å². The van der Waals surface area contributed by atoms with Crippen LogP contribution in [0.3, 0.4) is 0 Å². The number of hydrogen-bond acceptors (Lipinski definition) is 3. The van der Waals surface area contributed by atoms with Crippen molar-refractivity contribution in [2.45, 2.75) is 20.4 Å². The van der Waals surface area contributed by atoms with Gasteiger partial charge in [-0.3, -0.25) is 10.1 Å². The highest BCUT2D eigenvalue weighted by Gasteiger charge is 2.25. The topological polar surface area (TPSA) is 61.0 Å². The molecule has 0 N–H and O–H groups in total. The second-order valence-electron chi connectivity index (χ2n) is 4.53. The van der Waals surface area contributed by atoms with E-state index in [0.29, 0.717) is 25.1 Å². The molecule has 1 aromatic carbocycles. The zero-order valence-electron chi connectivity index (χ0n) is 10.2. The number of rotatable bonds is 3. The van der Waals surface area contributed by atoms with Crippen molar-refractivity contribution in [3.8, 4) is 0 Å². The predicted molar refractivity (Wildman–Crippen MR) is 84.3 cm³/mol. The van der Waals surface area contributed by atoms with Gasteiger partial charge in [-0.2, -0.15) is 0 Å². The fourth-order valence-electron chi connectivity index (χ4n) is 1.86. The van der Waals surface area contributed by atoms with Gasteiger partial charge in [0.1, 0.15) is 4.47 Å². The summed E-state index contributed by atoms with van der Waals surface area (Å²) in [6.07, 6.45) is 0. The number of imidazole rings is 1. The summed E-state index contributed by atoms with van der Waals surface area (Å²) < 4.78 is 3.59. The zero-order chi connectivity index (χ0) is 14.3. The summed E-state index contributed by atoms with van der Waals surface area (Å²) in [5, 5.41) is 11.2. The first kappa shape index (κ1) is 14.9. The maximum atomic E-state index is 11.2. The molecule has 0 radical (unpaired) electrons. The van der Waals surface area contributed by atoms with Gasteiger partial charge in [0.25, 0.3) is 0 Å². The lowest BCUT2D eigenvalue weighted by Gasteiger charge is -2.09. The van der Waals surface area contributed by atoms with Crippen LogP contribution in [0, 0.1) is 16.0 Å². The molecule has 0 fully saturated rings. The van der Waals surface area contributed by atoms with Crippen molar-refractivity contribution in [2.24, 2.45) is 5.92 Å². The average Bonchev–Trinajstić information content (AvgIpc) is 2.56. The van der Waals surface area contributed by atoms with Gasteiger partial charge in [0.15, 0.2) is 10.3 Å². The molecule has 0 aliphatic heterocycles. The van der Waals surface area contributed by atoms with Crippen LogP contribution in [0.25, 0.3) is 11.0 Å². The highest BCUT2D eigenvalue weighted by atomic mass is 79.9. The fraction of sp³-hybridized carbons (Fsp3) is 0.364. The van der Waals surface area contributed by atoms with Crippen molar-refractivity contribution in [3.05, 3.63) is 29.9 Å². The lowest BCUT2D eigenvalue weighted by molar-refractivity contribution is -0.384. The Morgan fingerprint density at radius 3 is 2.58 bits per heavy atom. The normalized spacial score (nSPS) is 11.5. The van der Waals surface area contributed by atoms with Gasteiger partial charge in [-0.25, -0.2) is 4.98 Å². The molecule has 1 heterocycles. The van der Waals surface area contributed by atoms with E-state index in [2.05, 4.69) is 66.6 Å². The van der Waals surface area contributed by atoms with Crippen LogP contribution < -0.4 is 0 Å². The standard InChI is InChI=1S/C11H10Br3N3O2/c1-5(2)4-16-7-3-6(12)8(13)10(17(18)19)9(7)15-11(16)14/h3,5H,4H2,1-2H3. The molecule has 5 nitrogen and oxygen atoms in total.